The molecule has 0 fully saturated rings. The van der Waals surface area contributed by atoms with Crippen molar-refractivity contribution in [1.29, 1.82) is 0 Å². The maximum Gasteiger partial charge on any atom is 0.263 e. The summed E-state index contributed by atoms with van der Waals surface area (Å²) in [7, 11) is -3.54. The number of carbonyl (C=O) groups is 1. The average Bonchev–Trinajstić information content (AvgIpc) is 2.87. The minimum atomic E-state index is -3.54. The predicted octanol–water partition coefficient (Wildman–Crippen LogP) is 1.99. The Morgan fingerprint density at radius 1 is 1.12 bits per heavy atom. The highest BCUT2D eigenvalue weighted by molar-refractivity contribution is 7.90. The smallest absolute Gasteiger partial charge is 0.263 e. The Labute approximate surface area is 147 Å². The van der Waals surface area contributed by atoms with Crippen LogP contribution in [-0.4, -0.2) is 26.7 Å². The number of nitrogens with zero attached hydrogens (tertiary/aromatic N) is 1. The number of rotatable bonds is 5. The van der Waals surface area contributed by atoms with Crippen LogP contribution in [0, 0.1) is 0 Å². The van der Waals surface area contributed by atoms with E-state index < -0.39 is 10.0 Å². The molecule has 1 heterocycles. The van der Waals surface area contributed by atoms with Crippen molar-refractivity contribution in [3.05, 3.63) is 65.7 Å². The number of amidine groups is 1. The fourth-order valence-electron chi connectivity index (χ4n) is 2.66. The minimum Gasteiger partial charge on any atom is -0.350 e. The van der Waals surface area contributed by atoms with Gasteiger partial charge in [-0.2, -0.15) is 0 Å². The predicted molar refractivity (Wildman–Crippen MR) is 95.8 cm³/mol. The fraction of sp³-hybridized carbons (Fsp3) is 0.222. The number of hydrogen-bond acceptors (Lipinski definition) is 4. The Kier molecular flexibility index (Phi) is 4.85. The number of fused-ring (bicyclic) bond motifs is 1. The van der Waals surface area contributed by atoms with E-state index >= 15 is 0 Å². The zero-order valence-corrected chi connectivity index (χ0v) is 14.6. The lowest BCUT2D eigenvalue weighted by Crippen LogP contribution is -2.27. The number of carbonyl (C=O) groups excluding carboxylic acids is 1. The Morgan fingerprint density at radius 3 is 2.56 bits per heavy atom. The molecule has 130 valence electrons. The van der Waals surface area contributed by atoms with Gasteiger partial charge in [0, 0.05) is 12.0 Å². The first-order chi connectivity index (χ1) is 12.0. The van der Waals surface area contributed by atoms with Crippen LogP contribution in [0.3, 0.4) is 0 Å². The summed E-state index contributed by atoms with van der Waals surface area (Å²) < 4.78 is 26.4. The van der Waals surface area contributed by atoms with E-state index in [1.807, 2.05) is 37.3 Å². The third kappa shape index (κ3) is 3.88. The zero-order valence-electron chi connectivity index (χ0n) is 13.8. The summed E-state index contributed by atoms with van der Waals surface area (Å²) in [6.45, 7) is 2.13. The topological polar surface area (TPSA) is 87.6 Å². The van der Waals surface area contributed by atoms with Crippen molar-refractivity contribution in [3.63, 3.8) is 0 Å². The van der Waals surface area contributed by atoms with Gasteiger partial charge in [-0.15, -0.1) is 0 Å². The van der Waals surface area contributed by atoms with Crippen LogP contribution >= 0.6 is 0 Å². The number of sulfonamides is 1. The molecule has 0 saturated carbocycles. The highest BCUT2D eigenvalue weighted by Crippen LogP contribution is 2.22. The van der Waals surface area contributed by atoms with Gasteiger partial charge in [0.2, 0.25) is 5.91 Å². The lowest BCUT2D eigenvalue weighted by atomic mass is 10.1. The third-order valence-electron chi connectivity index (χ3n) is 3.95. The molecule has 0 aliphatic carbocycles. The molecule has 1 amide bonds. The quantitative estimate of drug-likeness (QED) is 0.858. The van der Waals surface area contributed by atoms with Gasteiger partial charge < -0.3 is 5.32 Å². The van der Waals surface area contributed by atoms with Crippen molar-refractivity contribution in [2.45, 2.75) is 24.3 Å². The summed E-state index contributed by atoms with van der Waals surface area (Å²) in [6, 6.07) is 16.2. The summed E-state index contributed by atoms with van der Waals surface area (Å²) in [6.07, 6.45) is 0.185. The lowest BCUT2D eigenvalue weighted by Gasteiger charge is -2.13. The summed E-state index contributed by atoms with van der Waals surface area (Å²) >= 11 is 0. The second-order valence-corrected chi connectivity index (χ2v) is 7.43. The van der Waals surface area contributed by atoms with Gasteiger partial charge in [0.05, 0.1) is 17.5 Å². The largest absolute Gasteiger partial charge is 0.350 e. The van der Waals surface area contributed by atoms with Crippen molar-refractivity contribution in [2.24, 2.45) is 4.99 Å². The molecule has 2 aromatic rings. The first-order valence-electron chi connectivity index (χ1n) is 7.98. The molecule has 0 unspecified atom stereocenters. The molecule has 0 spiro atoms. The van der Waals surface area contributed by atoms with Gasteiger partial charge in [0.1, 0.15) is 5.84 Å². The van der Waals surface area contributed by atoms with Gasteiger partial charge in [0.25, 0.3) is 10.0 Å². The van der Waals surface area contributed by atoms with E-state index in [2.05, 4.69) is 15.0 Å². The second-order valence-electron chi connectivity index (χ2n) is 5.78. The zero-order chi connectivity index (χ0) is 17.9. The molecule has 0 aromatic heterocycles. The van der Waals surface area contributed by atoms with Gasteiger partial charge >= 0.3 is 0 Å². The highest BCUT2D eigenvalue weighted by atomic mass is 32.2. The number of hydrogen-bond donors (Lipinski definition) is 2. The standard InChI is InChI=1S/C18H19N3O3S/c1-13(14-7-3-2-4-8-14)20-17(22)11-12-19-18-15-9-5-6-10-16(15)25(23,24)21-18/h2-10,13H,11-12H2,1H3,(H,19,21)(H,20,22)/t13-/m1/s1. The summed E-state index contributed by atoms with van der Waals surface area (Å²) in [5.41, 5.74) is 1.57. The van der Waals surface area contributed by atoms with Gasteiger partial charge in [-0.3, -0.25) is 14.5 Å². The fourth-order valence-corrected chi connectivity index (χ4v) is 3.91. The van der Waals surface area contributed by atoms with E-state index in [0.29, 0.717) is 11.4 Å². The van der Waals surface area contributed by atoms with Crippen LogP contribution in [-0.2, 0) is 14.8 Å². The molecule has 1 aliphatic heterocycles. The van der Waals surface area contributed by atoms with Gasteiger partial charge in [-0.25, -0.2) is 8.42 Å². The van der Waals surface area contributed by atoms with E-state index in [1.165, 1.54) is 6.07 Å². The molecule has 7 heteroatoms. The molecular weight excluding hydrogens is 338 g/mol. The Bertz CT molecular complexity index is 908. The monoisotopic (exact) mass is 357 g/mol. The normalized spacial score (nSPS) is 17.6. The molecule has 6 nitrogen and oxygen atoms in total. The van der Waals surface area contributed by atoms with Crippen molar-refractivity contribution in [3.8, 4) is 0 Å². The van der Waals surface area contributed by atoms with Gasteiger partial charge in [-0.1, -0.05) is 42.5 Å². The van der Waals surface area contributed by atoms with Crippen LogP contribution in [0.4, 0.5) is 0 Å². The highest BCUT2D eigenvalue weighted by Gasteiger charge is 2.29. The van der Waals surface area contributed by atoms with Crippen LogP contribution in [0.5, 0.6) is 0 Å². The average molecular weight is 357 g/mol. The van der Waals surface area contributed by atoms with Gasteiger partial charge in [0.15, 0.2) is 0 Å². The summed E-state index contributed by atoms with van der Waals surface area (Å²) in [5, 5.41) is 2.91. The molecular formula is C18H19N3O3S. The molecule has 0 bridgehead atoms. The molecule has 2 N–H and O–H groups in total. The Morgan fingerprint density at radius 2 is 1.80 bits per heavy atom. The van der Waals surface area contributed by atoms with Crippen LogP contribution in [0.2, 0.25) is 0 Å². The van der Waals surface area contributed by atoms with E-state index in [4.69, 9.17) is 0 Å². The van der Waals surface area contributed by atoms with E-state index in [-0.39, 0.29) is 29.8 Å². The van der Waals surface area contributed by atoms with Crippen LogP contribution in [0.1, 0.15) is 30.5 Å². The first-order valence-corrected chi connectivity index (χ1v) is 9.46. The van der Waals surface area contributed by atoms with Crippen LogP contribution in [0.15, 0.2) is 64.5 Å². The molecule has 0 saturated heterocycles. The Balaban J connectivity index is 1.60. The summed E-state index contributed by atoms with van der Waals surface area (Å²) in [5.74, 6) is 0.161. The SMILES string of the molecule is C[C@@H](NC(=O)CCN=C1NS(=O)(=O)c2ccccc21)c1ccccc1. The van der Waals surface area contributed by atoms with Crippen LogP contribution in [0.25, 0.3) is 0 Å². The van der Waals surface area contributed by atoms with E-state index in [9.17, 15) is 13.2 Å². The third-order valence-corrected chi connectivity index (χ3v) is 5.35. The number of nitrogens with one attached hydrogen (secondary N) is 2. The van der Waals surface area contributed by atoms with Crippen molar-refractivity contribution in [1.82, 2.24) is 10.0 Å². The lowest BCUT2D eigenvalue weighted by molar-refractivity contribution is -0.121. The molecule has 3 rings (SSSR count). The van der Waals surface area contributed by atoms with Crippen LogP contribution < -0.4 is 10.0 Å². The van der Waals surface area contributed by atoms with Crippen molar-refractivity contribution in [2.75, 3.05) is 6.54 Å². The second kappa shape index (κ2) is 7.06. The maximum atomic E-state index is 12.1. The van der Waals surface area contributed by atoms with Gasteiger partial charge in [-0.05, 0) is 24.6 Å². The van der Waals surface area contributed by atoms with Crippen molar-refractivity contribution >= 4 is 21.8 Å². The number of aliphatic imine (C=N–C) groups is 1. The van der Waals surface area contributed by atoms with E-state index in [0.717, 1.165) is 5.56 Å². The number of benzene rings is 2. The molecule has 2 aromatic carbocycles. The Hall–Kier alpha value is -2.67. The van der Waals surface area contributed by atoms with Crippen molar-refractivity contribution < 1.29 is 13.2 Å². The maximum absolute atomic E-state index is 12.1. The van der Waals surface area contributed by atoms with E-state index in [1.54, 1.807) is 18.2 Å². The molecule has 1 atom stereocenters. The minimum absolute atomic E-state index is 0.0907. The first kappa shape index (κ1) is 17.2. The molecule has 1 aliphatic rings. The molecule has 25 heavy (non-hydrogen) atoms. The summed E-state index contributed by atoms with van der Waals surface area (Å²) in [4.78, 5) is 16.5. The number of amides is 1. The molecule has 0 radical (unpaired) electrons.